The first kappa shape index (κ1) is 15.6. The SMILES string of the molecule is COC(=O)c1ccc2c(c1)C(c1cc(Cl)ccc1F)=CC(C)O2. The predicted octanol–water partition coefficient (Wildman–Crippen LogP) is 4.48. The molecular weight excluding hydrogens is 319 g/mol. The van der Waals surface area contributed by atoms with Gasteiger partial charge in [0.05, 0.1) is 12.7 Å². The van der Waals surface area contributed by atoms with E-state index >= 15 is 0 Å². The van der Waals surface area contributed by atoms with E-state index in [1.165, 1.54) is 19.2 Å². The van der Waals surface area contributed by atoms with Gasteiger partial charge < -0.3 is 9.47 Å². The Morgan fingerprint density at radius 2 is 2.00 bits per heavy atom. The third-order valence-corrected chi connectivity index (χ3v) is 3.86. The standard InChI is InChI=1S/C18H14ClFO3/c1-10-7-13(14-9-12(19)4-5-16(14)20)15-8-11(18(21)22-2)3-6-17(15)23-10/h3-10H,1-2H3. The first-order chi connectivity index (χ1) is 11.0. The number of fused-ring (bicyclic) bond motifs is 1. The Morgan fingerprint density at radius 1 is 1.22 bits per heavy atom. The fraction of sp³-hybridized carbons (Fsp3) is 0.167. The van der Waals surface area contributed by atoms with Crippen LogP contribution in [-0.2, 0) is 4.74 Å². The summed E-state index contributed by atoms with van der Waals surface area (Å²) in [5.41, 5.74) is 2.02. The number of carbonyl (C=O) groups excluding carboxylic acids is 1. The number of esters is 1. The maximum Gasteiger partial charge on any atom is 0.337 e. The van der Waals surface area contributed by atoms with Gasteiger partial charge in [-0.3, -0.25) is 0 Å². The van der Waals surface area contributed by atoms with Gasteiger partial charge in [-0.05, 0) is 55.0 Å². The van der Waals surface area contributed by atoms with Crippen LogP contribution in [0.25, 0.3) is 5.57 Å². The van der Waals surface area contributed by atoms with Crippen LogP contribution in [0, 0.1) is 5.82 Å². The molecule has 1 aliphatic rings. The van der Waals surface area contributed by atoms with Crippen molar-refractivity contribution in [3.8, 4) is 5.75 Å². The van der Waals surface area contributed by atoms with E-state index in [0.29, 0.717) is 33.0 Å². The molecule has 2 aromatic rings. The fourth-order valence-corrected chi connectivity index (χ4v) is 2.76. The first-order valence-electron chi connectivity index (χ1n) is 7.06. The molecule has 0 N–H and O–H groups in total. The lowest BCUT2D eigenvalue weighted by atomic mass is 9.92. The van der Waals surface area contributed by atoms with Crippen LogP contribution in [0.5, 0.6) is 5.75 Å². The summed E-state index contributed by atoms with van der Waals surface area (Å²) in [6.07, 6.45) is 1.58. The summed E-state index contributed by atoms with van der Waals surface area (Å²) in [5, 5.41) is 0.437. The van der Waals surface area contributed by atoms with Crippen molar-refractivity contribution in [3.63, 3.8) is 0 Å². The zero-order chi connectivity index (χ0) is 16.6. The number of ether oxygens (including phenoxy) is 2. The highest BCUT2D eigenvalue weighted by Gasteiger charge is 2.23. The van der Waals surface area contributed by atoms with E-state index in [1.54, 1.807) is 30.3 Å². The second kappa shape index (κ2) is 6.05. The molecule has 0 saturated carbocycles. The molecule has 1 unspecified atom stereocenters. The van der Waals surface area contributed by atoms with E-state index in [1.807, 2.05) is 6.92 Å². The van der Waals surface area contributed by atoms with Gasteiger partial charge in [-0.25, -0.2) is 9.18 Å². The van der Waals surface area contributed by atoms with E-state index in [4.69, 9.17) is 21.1 Å². The summed E-state index contributed by atoms with van der Waals surface area (Å²) in [4.78, 5) is 11.8. The second-order valence-electron chi connectivity index (χ2n) is 5.23. The lowest BCUT2D eigenvalue weighted by molar-refractivity contribution is 0.0600. The number of rotatable bonds is 2. The smallest absolute Gasteiger partial charge is 0.337 e. The molecule has 0 aromatic heterocycles. The van der Waals surface area contributed by atoms with E-state index in [-0.39, 0.29) is 11.9 Å². The summed E-state index contributed by atoms with van der Waals surface area (Å²) in [6, 6.07) is 9.33. The largest absolute Gasteiger partial charge is 0.486 e. The molecule has 0 bridgehead atoms. The van der Waals surface area contributed by atoms with Gasteiger partial charge >= 0.3 is 5.97 Å². The Labute approximate surface area is 138 Å². The topological polar surface area (TPSA) is 35.5 Å². The normalized spacial score (nSPS) is 16.2. The molecule has 1 heterocycles. The van der Waals surface area contributed by atoms with Crippen LogP contribution in [0.2, 0.25) is 5.02 Å². The Morgan fingerprint density at radius 3 is 2.74 bits per heavy atom. The molecule has 0 aliphatic carbocycles. The average molecular weight is 333 g/mol. The minimum Gasteiger partial charge on any atom is -0.486 e. The van der Waals surface area contributed by atoms with Gasteiger partial charge in [0, 0.05) is 16.1 Å². The molecule has 3 rings (SSSR count). The molecule has 0 fully saturated rings. The zero-order valence-electron chi connectivity index (χ0n) is 12.6. The Hall–Kier alpha value is -2.33. The quantitative estimate of drug-likeness (QED) is 0.761. The lowest BCUT2D eigenvalue weighted by Gasteiger charge is -2.24. The number of hydrogen-bond acceptors (Lipinski definition) is 3. The van der Waals surface area contributed by atoms with Gasteiger partial charge in [-0.1, -0.05) is 11.6 Å². The van der Waals surface area contributed by atoms with E-state index < -0.39 is 5.97 Å². The maximum absolute atomic E-state index is 14.3. The van der Waals surface area contributed by atoms with Crippen LogP contribution in [0.4, 0.5) is 4.39 Å². The first-order valence-corrected chi connectivity index (χ1v) is 7.44. The van der Waals surface area contributed by atoms with Crippen molar-refractivity contribution >= 4 is 23.1 Å². The number of benzene rings is 2. The predicted molar refractivity (Wildman–Crippen MR) is 86.4 cm³/mol. The number of halogens is 2. The van der Waals surface area contributed by atoms with Crippen molar-refractivity contribution in [2.75, 3.05) is 7.11 Å². The van der Waals surface area contributed by atoms with Crippen LogP contribution >= 0.6 is 11.6 Å². The van der Waals surface area contributed by atoms with Gasteiger partial charge in [0.15, 0.2) is 0 Å². The molecule has 0 saturated heterocycles. The summed E-state index contributed by atoms with van der Waals surface area (Å²) in [7, 11) is 1.31. The summed E-state index contributed by atoms with van der Waals surface area (Å²) in [5.74, 6) is -0.261. The van der Waals surface area contributed by atoms with E-state index in [2.05, 4.69) is 0 Å². The number of methoxy groups -OCH3 is 1. The van der Waals surface area contributed by atoms with E-state index in [0.717, 1.165) is 0 Å². The Bertz CT molecular complexity index is 814. The van der Waals surface area contributed by atoms with Crippen molar-refractivity contribution in [1.29, 1.82) is 0 Å². The summed E-state index contributed by atoms with van der Waals surface area (Å²) < 4.78 is 24.7. The Balaban J connectivity index is 2.18. The highest BCUT2D eigenvalue weighted by molar-refractivity contribution is 6.30. The molecule has 0 amide bonds. The van der Waals surface area contributed by atoms with Crippen LogP contribution < -0.4 is 4.74 Å². The molecule has 0 radical (unpaired) electrons. The van der Waals surface area contributed by atoms with Crippen molar-refractivity contribution < 1.29 is 18.7 Å². The lowest BCUT2D eigenvalue weighted by Crippen LogP contribution is -2.16. The van der Waals surface area contributed by atoms with Crippen molar-refractivity contribution in [2.45, 2.75) is 13.0 Å². The highest BCUT2D eigenvalue weighted by atomic mass is 35.5. The molecule has 23 heavy (non-hydrogen) atoms. The Kier molecular flexibility index (Phi) is 4.09. The fourth-order valence-electron chi connectivity index (χ4n) is 2.59. The summed E-state index contributed by atoms with van der Waals surface area (Å²) >= 11 is 6.00. The van der Waals surface area contributed by atoms with Gasteiger partial charge in [-0.2, -0.15) is 0 Å². The minimum atomic E-state index is -0.461. The molecule has 5 heteroatoms. The average Bonchev–Trinajstić information content (AvgIpc) is 2.55. The molecule has 1 aliphatic heterocycles. The molecule has 3 nitrogen and oxygen atoms in total. The monoisotopic (exact) mass is 332 g/mol. The molecule has 0 spiro atoms. The summed E-state index contributed by atoms with van der Waals surface area (Å²) in [6.45, 7) is 1.86. The van der Waals surface area contributed by atoms with E-state index in [9.17, 15) is 9.18 Å². The van der Waals surface area contributed by atoms with Gasteiger partial charge in [0.2, 0.25) is 0 Å². The third-order valence-electron chi connectivity index (χ3n) is 3.62. The van der Waals surface area contributed by atoms with Crippen LogP contribution in [0.1, 0.15) is 28.4 Å². The zero-order valence-corrected chi connectivity index (χ0v) is 13.4. The molecule has 2 aromatic carbocycles. The highest BCUT2D eigenvalue weighted by Crippen LogP contribution is 2.38. The van der Waals surface area contributed by atoms with Crippen molar-refractivity contribution in [3.05, 3.63) is 70.0 Å². The molecule has 118 valence electrons. The van der Waals surface area contributed by atoms with Crippen molar-refractivity contribution in [1.82, 2.24) is 0 Å². The maximum atomic E-state index is 14.3. The van der Waals surface area contributed by atoms with Gasteiger partial charge in [0.1, 0.15) is 17.7 Å². The minimum absolute atomic E-state index is 0.222. The van der Waals surface area contributed by atoms with Crippen LogP contribution in [0.3, 0.4) is 0 Å². The molecule has 1 atom stereocenters. The number of carbonyl (C=O) groups is 1. The second-order valence-corrected chi connectivity index (χ2v) is 5.67. The number of hydrogen-bond donors (Lipinski definition) is 0. The van der Waals surface area contributed by atoms with Gasteiger partial charge in [0.25, 0.3) is 0 Å². The molecular formula is C18H14ClFO3. The van der Waals surface area contributed by atoms with Crippen LogP contribution in [0.15, 0.2) is 42.5 Å². The van der Waals surface area contributed by atoms with Crippen molar-refractivity contribution in [2.24, 2.45) is 0 Å². The van der Waals surface area contributed by atoms with Gasteiger partial charge in [-0.15, -0.1) is 0 Å². The third kappa shape index (κ3) is 2.94. The van der Waals surface area contributed by atoms with Crippen LogP contribution in [-0.4, -0.2) is 19.2 Å².